The third-order valence-electron chi connectivity index (χ3n) is 2.54. The summed E-state index contributed by atoms with van der Waals surface area (Å²) in [6.45, 7) is 0.572. The van der Waals surface area contributed by atoms with Gasteiger partial charge in [0, 0.05) is 26.2 Å². The first kappa shape index (κ1) is 11.1. The van der Waals surface area contributed by atoms with Crippen LogP contribution >= 0.6 is 0 Å². The number of para-hydroxylation sites is 2. The molecule has 1 fully saturated rings. The largest absolute Gasteiger partial charge is 0.433 e. The Kier molecular flexibility index (Phi) is 3.56. The lowest BCUT2D eigenvalue weighted by atomic mass is 10.2. The Morgan fingerprint density at radius 1 is 1.19 bits per heavy atom. The minimum absolute atomic E-state index is 0.249. The third kappa shape index (κ3) is 2.61. The summed E-state index contributed by atoms with van der Waals surface area (Å²) in [5.41, 5.74) is 0.740. The van der Waals surface area contributed by atoms with E-state index in [0.29, 0.717) is 0 Å². The molecule has 0 aliphatic carbocycles. The van der Waals surface area contributed by atoms with Gasteiger partial charge in [0.05, 0.1) is 5.69 Å². The fourth-order valence-electron chi connectivity index (χ4n) is 1.82. The first-order valence-electron chi connectivity index (χ1n) is 5.27. The molecule has 0 bridgehead atoms. The van der Waals surface area contributed by atoms with E-state index in [2.05, 4.69) is 10.1 Å². The quantitative estimate of drug-likeness (QED) is 0.852. The highest BCUT2D eigenvalue weighted by molar-refractivity contribution is 5.58. The van der Waals surface area contributed by atoms with Crippen molar-refractivity contribution in [3.63, 3.8) is 0 Å². The second-order valence-electron chi connectivity index (χ2n) is 3.58. The number of benzene rings is 1. The van der Waals surface area contributed by atoms with Crippen molar-refractivity contribution >= 4 is 5.69 Å². The van der Waals surface area contributed by atoms with Gasteiger partial charge >= 0.3 is 6.61 Å². The van der Waals surface area contributed by atoms with Crippen LogP contribution < -0.4 is 15.0 Å². The molecule has 0 atom stereocenters. The van der Waals surface area contributed by atoms with Gasteiger partial charge in [-0.05, 0) is 12.1 Å². The predicted octanol–water partition coefficient (Wildman–Crippen LogP) is 1.70. The van der Waals surface area contributed by atoms with E-state index < -0.39 is 6.61 Å². The monoisotopic (exact) mass is 228 g/mol. The molecule has 1 N–H and O–H groups in total. The van der Waals surface area contributed by atoms with Gasteiger partial charge in [-0.15, -0.1) is 0 Å². The van der Waals surface area contributed by atoms with E-state index in [0.717, 1.165) is 31.9 Å². The van der Waals surface area contributed by atoms with Crippen LogP contribution in [0.15, 0.2) is 24.3 Å². The fourth-order valence-corrected chi connectivity index (χ4v) is 1.82. The van der Waals surface area contributed by atoms with Gasteiger partial charge in [0.25, 0.3) is 0 Å². The molecule has 0 amide bonds. The molecule has 1 heterocycles. The third-order valence-corrected chi connectivity index (χ3v) is 2.54. The molecule has 1 aliphatic rings. The van der Waals surface area contributed by atoms with E-state index in [1.165, 1.54) is 0 Å². The smallest absolute Gasteiger partial charge is 0.387 e. The van der Waals surface area contributed by atoms with Crippen molar-refractivity contribution in [3.8, 4) is 5.75 Å². The molecule has 1 aliphatic heterocycles. The molecule has 3 nitrogen and oxygen atoms in total. The summed E-state index contributed by atoms with van der Waals surface area (Å²) >= 11 is 0. The predicted molar refractivity (Wildman–Crippen MR) is 58.2 cm³/mol. The van der Waals surface area contributed by atoms with Crippen molar-refractivity contribution in [2.24, 2.45) is 0 Å². The highest BCUT2D eigenvalue weighted by Crippen LogP contribution is 2.29. The van der Waals surface area contributed by atoms with Crippen LogP contribution in [0.1, 0.15) is 0 Å². The Labute approximate surface area is 93.0 Å². The first-order chi connectivity index (χ1) is 7.77. The fraction of sp³-hybridized carbons (Fsp3) is 0.455. The van der Waals surface area contributed by atoms with Gasteiger partial charge < -0.3 is 15.0 Å². The van der Waals surface area contributed by atoms with Gasteiger partial charge in [-0.2, -0.15) is 8.78 Å². The number of halogens is 2. The number of anilines is 1. The van der Waals surface area contributed by atoms with E-state index in [1.807, 2.05) is 17.0 Å². The summed E-state index contributed by atoms with van der Waals surface area (Å²) < 4.78 is 28.9. The molecule has 88 valence electrons. The van der Waals surface area contributed by atoms with Gasteiger partial charge in [0.15, 0.2) is 0 Å². The lowest BCUT2D eigenvalue weighted by molar-refractivity contribution is -0.0495. The molecule has 1 aromatic carbocycles. The van der Waals surface area contributed by atoms with Crippen LogP contribution in [0, 0.1) is 0 Å². The van der Waals surface area contributed by atoms with Crippen molar-refractivity contribution in [1.29, 1.82) is 0 Å². The van der Waals surface area contributed by atoms with Crippen molar-refractivity contribution < 1.29 is 13.5 Å². The number of hydrogen-bond acceptors (Lipinski definition) is 3. The Bertz CT molecular complexity index is 341. The highest BCUT2D eigenvalue weighted by atomic mass is 19.3. The van der Waals surface area contributed by atoms with Gasteiger partial charge in [-0.1, -0.05) is 12.1 Å². The van der Waals surface area contributed by atoms with Crippen molar-refractivity contribution in [3.05, 3.63) is 24.3 Å². The maximum absolute atomic E-state index is 12.2. The SMILES string of the molecule is FC(F)Oc1ccccc1N1CCNCC1. The van der Waals surface area contributed by atoms with E-state index >= 15 is 0 Å². The van der Waals surface area contributed by atoms with E-state index in [-0.39, 0.29) is 5.75 Å². The van der Waals surface area contributed by atoms with E-state index in [9.17, 15) is 8.78 Å². The number of nitrogens with one attached hydrogen (secondary N) is 1. The van der Waals surface area contributed by atoms with E-state index in [1.54, 1.807) is 12.1 Å². The second kappa shape index (κ2) is 5.12. The van der Waals surface area contributed by atoms with Crippen molar-refractivity contribution in [2.75, 3.05) is 31.1 Å². The molecule has 5 heteroatoms. The van der Waals surface area contributed by atoms with Gasteiger partial charge in [-0.25, -0.2) is 0 Å². The molecule has 2 rings (SSSR count). The second-order valence-corrected chi connectivity index (χ2v) is 3.58. The van der Waals surface area contributed by atoms with Crippen LogP contribution in [0.25, 0.3) is 0 Å². The Morgan fingerprint density at radius 2 is 1.88 bits per heavy atom. The first-order valence-corrected chi connectivity index (χ1v) is 5.27. The highest BCUT2D eigenvalue weighted by Gasteiger charge is 2.16. The zero-order valence-corrected chi connectivity index (χ0v) is 8.83. The lowest BCUT2D eigenvalue weighted by Crippen LogP contribution is -2.43. The summed E-state index contributed by atoms with van der Waals surface area (Å²) in [7, 11) is 0. The van der Waals surface area contributed by atoms with Crippen LogP contribution in [-0.2, 0) is 0 Å². The van der Waals surface area contributed by atoms with Gasteiger partial charge in [-0.3, -0.25) is 0 Å². The standard InChI is InChI=1S/C11H14F2N2O/c12-11(13)16-10-4-2-1-3-9(10)15-7-5-14-6-8-15/h1-4,11,14H,5-8H2. The van der Waals surface area contributed by atoms with Crippen LogP contribution in [-0.4, -0.2) is 32.8 Å². The minimum atomic E-state index is -2.77. The molecular weight excluding hydrogens is 214 g/mol. The summed E-state index contributed by atoms with van der Waals surface area (Å²) in [6.07, 6.45) is 0. The number of nitrogens with zero attached hydrogens (tertiary/aromatic N) is 1. The number of piperazine rings is 1. The minimum Gasteiger partial charge on any atom is -0.433 e. The van der Waals surface area contributed by atoms with Crippen LogP contribution in [0.5, 0.6) is 5.75 Å². The topological polar surface area (TPSA) is 24.5 Å². The zero-order valence-electron chi connectivity index (χ0n) is 8.83. The lowest BCUT2D eigenvalue weighted by Gasteiger charge is -2.30. The summed E-state index contributed by atoms with van der Waals surface area (Å²) in [5, 5.41) is 3.21. The number of hydrogen-bond donors (Lipinski definition) is 1. The number of ether oxygens (including phenoxy) is 1. The Balaban J connectivity index is 2.17. The maximum atomic E-state index is 12.2. The molecule has 16 heavy (non-hydrogen) atoms. The van der Waals surface area contributed by atoms with Crippen molar-refractivity contribution in [1.82, 2.24) is 5.32 Å². The van der Waals surface area contributed by atoms with Crippen LogP contribution in [0.2, 0.25) is 0 Å². The number of alkyl halides is 2. The van der Waals surface area contributed by atoms with Gasteiger partial charge in [0.1, 0.15) is 5.75 Å². The summed E-state index contributed by atoms with van der Waals surface area (Å²) in [6, 6.07) is 6.91. The molecule has 1 aromatic rings. The average Bonchev–Trinajstić information content (AvgIpc) is 2.30. The molecule has 0 spiro atoms. The average molecular weight is 228 g/mol. The maximum Gasteiger partial charge on any atom is 0.387 e. The number of rotatable bonds is 3. The molecule has 1 saturated heterocycles. The molecule has 0 unspecified atom stereocenters. The Morgan fingerprint density at radius 3 is 2.56 bits per heavy atom. The molecule has 0 radical (unpaired) electrons. The molecule has 0 aromatic heterocycles. The molecule has 0 saturated carbocycles. The summed E-state index contributed by atoms with van der Waals surface area (Å²) in [4.78, 5) is 2.05. The van der Waals surface area contributed by atoms with Crippen LogP contribution in [0.4, 0.5) is 14.5 Å². The van der Waals surface area contributed by atoms with Gasteiger partial charge in [0.2, 0.25) is 0 Å². The molecular formula is C11H14F2N2O. The van der Waals surface area contributed by atoms with E-state index in [4.69, 9.17) is 0 Å². The zero-order chi connectivity index (χ0) is 11.4. The summed E-state index contributed by atoms with van der Waals surface area (Å²) in [5.74, 6) is 0.249. The normalized spacial score (nSPS) is 16.6. The van der Waals surface area contributed by atoms with Crippen molar-refractivity contribution in [2.45, 2.75) is 6.61 Å². The van der Waals surface area contributed by atoms with Crippen LogP contribution in [0.3, 0.4) is 0 Å². The Hall–Kier alpha value is -1.36.